The van der Waals surface area contributed by atoms with Crippen molar-refractivity contribution in [3.05, 3.63) is 92.9 Å². The van der Waals surface area contributed by atoms with E-state index < -0.39 is 0 Å². The summed E-state index contributed by atoms with van der Waals surface area (Å²) in [7, 11) is 0. The van der Waals surface area contributed by atoms with Gasteiger partial charge in [-0.25, -0.2) is 0 Å². The molecule has 1 fully saturated rings. The van der Waals surface area contributed by atoms with Crippen molar-refractivity contribution in [3.63, 3.8) is 0 Å². The Morgan fingerprint density at radius 3 is 2.35 bits per heavy atom. The molecule has 3 aromatic carbocycles. The van der Waals surface area contributed by atoms with E-state index >= 15 is 0 Å². The first-order valence-corrected chi connectivity index (χ1v) is 12.2. The van der Waals surface area contributed by atoms with E-state index in [2.05, 4.69) is 4.90 Å². The van der Waals surface area contributed by atoms with Gasteiger partial charge in [-0.3, -0.25) is 4.79 Å². The van der Waals surface area contributed by atoms with Gasteiger partial charge in [0.25, 0.3) is 5.91 Å². The van der Waals surface area contributed by atoms with E-state index in [1.54, 1.807) is 17.8 Å². The van der Waals surface area contributed by atoms with E-state index in [9.17, 15) is 4.79 Å². The lowest BCUT2D eigenvalue weighted by atomic mass is 10.0. The quantitative estimate of drug-likeness (QED) is 0.365. The van der Waals surface area contributed by atoms with Gasteiger partial charge < -0.3 is 9.80 Å². The summed E-state index contributed by atoms with van der Waals surface area (Å²) in [6.07, 6.45) is 1.99. The van der Waals surface area contributed by atoms with Crippen LogP contribution in [-0.2, 0) is 0 Å². The summed E-state index contributed by atoms with van der Waals surface area (Å²) in [6.45, 7) is 1.80. The number of hydrogen-bond donors (Lipinski definition) is 0. The van der Waals surface area contributed by atoms with Crippen molar-refractivity contribution in [2.75, 3.05) is 30.8 Å². The molecule has 1 unspecified atom stereocenters. The van der Waals surface area contributed by atoms with Crippen molar-refractivity contribution in [1.82, 2.24) is 4.90 Å². The molecule has 1 heterocycles. The van der Waals surface area contributed by atoms with Crippen molar-refractivity contribution in [2.45, 2.75) is 10.9 Å². The third-order valence-corrected chi connectivity index (χ3v) is 7.06. The van der Waals surface area contributed by atoms with Crippen LogP contribution in [0.1, 0.15) is 22.0 Å². The summed E-state index contributed by atoms with van der Waals surface area (Å²) in [5.74, 6) is 0.0470. The summed E-state index contributed by atoms with van der Waals surface area (Å²) < 4.78 is 0. The second-order valence-electron chi connectivity index (χ2n) is 7.31. The molecule has 0 aromatic heterocycles. The maximum absolute atomic E-state index is 13.4. The Morgan fingerprint density at radius 2 is 1.65 bits per heavy atom. The van der Waals surface area contributed by atoms with Crippen molar-refractivity contribution in [2.24, 2.45) is 0 Å². The van der Waals surface area contributed by atoms with Crippen LogP contribution in [0, 0.1) is 0 Å². The zero-order valence-electron chi connectivity index (χ0n) is 16.9. The lowest BCUT2D eigenvalue weighted by Crippen LogP contribution is -2.50. The SMILES string of the molecule is CSc1ccccc1C(=O)N1CCN(c2ccc(Cl)cc2Cl)C(c2ccc(Cl)cc2)C1. The van der Waals surface area contributed by atoms with E-state index in [4.69, 9.17) is 34.8 Å². The minimum Gasteiger partial charge on any atom is -0.360 e. The fraction of sp³-hybridized carbons (Fsp3) is 0.208. The summed E-state index contributed by atoms with van der Waals surface area (Å²) in [5.41, 5.74) is 2.72. The Labute approximate surface area is 201 Å². The molecule has 31 heavy (non-hydrogen) atoms. The lowest BCUT2D eigenvalue weighted by molar-refractivity contribution is 0.0718. The van der Waals surface area contributed by atoms with Crippen molar-refractivity contribution < 1.29 is 4.79 Å². The van der Waals surface area contributed by atoms with Gasteiger partial charge in [-0.2, -0.15) is 0 Å². The van der Waals surface area contributed by atoms with Crippen LogP contribution in [0.15, 0.2) is 71.6 Å². The predicted molar refractivity (Wildman–Crippen MR) is 132 cm³/mol. The number of halogens is 3. The Kier molecular flexibility index (Phi) is 7.02. The molecule has 7 heteroatoms. The second-order valence-corrected chi connectivity index (χ2v) is 9.44. The van der Waals surface area contributed by atoms with Gasteiger partial charge in [0.2, 0.25) is 0 Å². The van der Waals surface area contributed by atoms with Crippen LogP contribution in [-0.4, -0.2) is 36.7 Å². The van der Waals surface area contributed by atoms with Gasteiger partial charge in [-0.15, -0.1) is 11.8 Å². The third kappa shape index (κ3) is 4.83. The van der Waals surface area contributed by atoms with Gasteiger partial charge in [-0.1, -0.05) is 59.1 Å². The number of carbonyl (C=O) groups excluding carboxylic acids is 1. The highest BCUT2D eigenvalue weighted by Crippen LogP contribution is 2.37. The third-order valence-electron chi connectivity index (χ3n) is 5.48. The molecule has 1 aliphatic heterocycles. The average Bonchev–Trinajstić information content (AvgIpc) is 2.79. The molecule has 0 spiro atoms. The van der Waals surface area contributed by atoms with Crippen molar-refractivity contribution >= 4 is 58.2 Å². The fourth-order valence-corrected chi connectivity index (χ4v) is 5.16. The first-order valence-electron chi connectivity index (χ1n) is 9.87. The molecular weight excluding hydrogens is 471 g/mol. The Bertz CT molecular complexity index is 1090. The van der Waals surface area contributed by atoms with E-state index in [0.717, 1.165) is 21.7 Å². The molecular formula is C24H21Cl3N2OS. The predicted octanol–water partition coefficient (Wildman–Crippen LogP) is 7.07. The summed E-state index contributed by atoms with van der Waals surface area (Å²) in [6, 6.07) is 21.0. The normalized spacial score (nSPS) is 16.5. The van der Waals surface area contributed by atoms with E-state index in [1.807, 2.05) is 71.8 Å². The number of nitrogens with zero attached hydrogens (tertiary/aromatic N) is 2. The number of anilines is 1. The number of rotatable bonds is 4. The molecule has 3 nitrogen and oxygen atoms in total. The topological polar surface area (TPSA) is 23.6 Å². The summed E-state index contributed by atoms with van der Waals surface area (Å²) in [4.78, 5) is 18.5. The number of thioether (sulfide) groups is 1. The van der Waals surface area contributed by atoms with Crippen molar-refractivity contribution in [1.29, 1.82) is 0 Å². The van der Waals surface area contributed by atoms with Gasteiger partial charge >= 0.3 is 0 Å². The fourth-order valence-electron chi connectivity index (χ4n) is 3.93. The molecule has 0 bridgehead atoms. The molecule has 1 amide bonds. The maximum atomic E-state index is 13.4. The second kappa shape index (κ2) is 9.74. The minimum atomic E-state index is -0.0601. The molecule has 0 aliphatic carbocycles. The maximum Gasteiger partial charge on any atom is 0.255 e. The van der Waals surface area contributed by atoms with Gasteiger partial charge in [0.15, 0.2) is 0 Å². The molecule has 1 saturated heterocycles. The highest BCUT2D eigenvalue weighted by Gasteiger charge is 2.32. The number of amides is 1. The van der Waals surface area contributed by atoms with E-state index in [0.29, 0.717) is 34.7 Å². The first kappa shape index (κ1) is 22.3. The molecule has 1 atom stereocenters. The molecule has 0 saturated carbocycles. The Morgan fingerprint density at radius 1 is 0.935 bits per heavy atom. The Hall–Kier alpha value is -1.85. The van der Waals surface area contributed by atoms with E-state index in [1.165, 1.54) is 0 Å². The minimum absolute atomic E-state index is 0.0470. The van der Waals surface area contributed by atoms with Crippen LogP contribution in [0.5, 0.6) is 0 Å². The zero-order chi connectivity index (χ0) is 22.0. The number of hydrogen-bond acceptors (Lipinski definition) is 3. The first-order chi connectivity index (χ1) is 15.0. The molecule has 160 valence electrons. The largest absolute Gasteiger partial charge is 0.360 e. The van der Waals surface area contributed by atoms with E-state index in [-0.39, 0.29) is 11.9 Å². The van der Waals surface area contributed by atoms with Crippen LogP contribution >= 0.6 is 46.6 Å². The smallest absolute Gasteiger partial charge is 0.255 e. The lowest BCUT2D eigenvalue weighted by Gasteiger charge is -2.43. The molecule has 0 radical (unpaired) electrons. The van der Waals surface area contributed by atoms with Crippen LogP contribution in [0.25, 0.3) is 0 Å². The summed E-state index contributed by atoms with van der Waals surface area (Å²) >= 11 is 20.4. The monoisotopic (exact) mass is 490 g/mol. The van der Waals surface area contributed by atoms with Crippen LogP contribution in [0.4, 0.5) is 5.69 Å². The number of carbonyl (C=O) groups is 1. The zero-order valence-corrected chi connectivity index (χ0v) is 20.0. The average molecular weight is 492 g/mol. The molecule has 0 N–H and O–H groups in total. The highest BCUT2D eigenvalue weighted by atomic mass is 35.5. The van der Waals surface area contributed by atoms with Gasteiger partial charge in [0.05, 0.1) is 22.3 Å². The van der Waals surface area contributed by atoms with Gasteiger partial charge in [0, 0.05) is 34.6 Å². The van der Waals surface area contributed by atoms with Crippen LogP contribution in [0.2, 0.25) is 15.1 Å². The van der Waals surface area contributed by atoms with Gasteiger partial charge in [-0.05, 0) is 54.3 Å². The molecule has 3 aromatic rings. The van der Waals surface area contributed by atoms with Gasteiger partial charge in [0.1, 0.15) is 0 Å². The van der Waals surface area contributed by atoms with Crippen LogP contribution < -0.4 is 4.90 Å². The molecule has 4 rings (SSSR count). The molecule has 1 aliphatic rings. The summed E-state index contributed by atoms with van der Waals surface area (Å²) in [5, 5.41) is 1.87. The highest BCUT2D eigenvalue weighted by molar-refractivity contribution is 7.98. The standard InChI is InChI=1S/C24H21Cl3N2OS/c1-31-23-5-3-2-4-19(23)24(30)28-12-13-29(21-11-10-18(26)14-20(21)27)22(15-28)16-6-8-17(25)9-7-16/h2-11,14,22H,12-13,15H2,1H3. The van der Waals surface area contributed by atoms with Crippen molar-refractivity contribution in [3.8, 4) is 0 Å². The number of piperazine rings is 1. The Balaban J connectivity index is 1.68. The number of benzene rings is 3. The van der Waals surface area contributed by atoms with Crippen LogP contribution in [0.3, 0.4) is 0 Å².